The number of nitrogens with one attached hydrogen (secondary N) is 2. The van der Waals surface area contributed by atoms with E-state index in [0.29, 0.717) is 6.07 Å². The molecule has 1 aromatic carbocycles. The van der Waals surface area contributed by atoms with Crippen LogP contribution in [0.2, 0.25) is 0 Å². The van der Waals surface area contributed by atoms with Crippen molar-refractivity contribution in [2.75, 3.05) is 10.6 Å². The fourth-order valence-corrected chi connectivity index (χ4v) is 1.67. The Morgan fingerprint density at radius 1 is 1.24 bits per heavy atom. The summed E-state index contributed by atoms with van der Waals surface area (Å²) in [7, 11) is 1.30. The van der Waals surface area contributed by atoms with Gasteiger partial charge < -0.3 is 10.6 Å². The zero-order valence-corrected chi connectivity index (χ0v) is 10.7. The lowest BCUT2D eigenvalue weighted by molar-refractivity contribution is 0.141. The lowest BCUT2D eigenvalue weighted by Crippen LogP contribution is -2.21. The van der Waals surface area contributed by atoms with Gasteiger partial charge >= 0.3 is 6.03 Å². The number of urea groups is 1. The van der Waals surface area contributed by atoms with Crippen LogP contribution in [0.1, 0.15) is 12.1 Å². The molecule has 0 unspecified atom stereocenters. The van der Waals surface area contributed by atoms with Crippen LogP contribution in [0.3, 0.4) is 0 Å². The number of halogens is 4. The number of benzene rings is 1. The predicted molar refractivity (Wildman–Crippen MR) is 67.2 cm³/mol. The summed E-state index contributed by atoms with van der Waals surface area (Å²) < 4.78 is 52.5. The number of hydrogen-bond donors (Lipinski definition) is 2. The molecule has 21 heavy (non-hydrogen) atoms. The number of rotatable bonds is 3. The van der Waals surface area contributed by atoms with E-state index in [1.165, 1.54) is 7.05 Å². The van der Waals surface area contributed by atoms with E-state index in [-0.39, 0.29) is 11.4 Å². The SMILES string of the molecule is Cn1ncc(NC(=O)Nc2ccc(F)cc2F)c1C(F)F. The summed E-state index contributed by atoms with van der Waals surface area (Å²) in [4.78, 5) is 11.6. The molecular formula is C12H10F4N4O. The summed E-state index contributed by atoms with van der Waals surface area (Å²) in [6, 6.07) is 1.61. The first-order chi connectivity index (χ1) is 9.88. The van der Waals surface area contributed by atoms with Crippen molar-refractivity contribution in [1.82, 2.24) is 9.78 Å². The quantitative estimate of drug-likeness (QED) is 0.855. The van der Waals surface area contributed by atoms with Crippen LogP contribution in [0.15, 0.2) is 24.4 Å². The van der Waals surface area contributed by atoms with Gasteiger partial charge in [-0.25, -0.2) is 22.4 Å². The molecule has 0 bridgehead atoms. The number of aromatic nitrogens is 2. The molecule has 0 aliphatic carbocycles. The first-order valence-corrected chi connectivity index (χ1v) is 5.71. The molecule has 0 aliphatic heterocycles. The van der Waals surface area contributed by atoms with Crippen LogP contribution in [-0.2, 0) is 7.05 Å². The fraction of sp³-hybridized carbons (Fsp3) is 0.167. The van der Waals surface area contributed by atoms with Crippen molar-refractivity contribution in [3.05, 3.63) is 41.7 Å². The minimum atomic E-state index is -2.84. The van der Waals surface area contributed by atoms with Gasteiger partial charge in [-0.1, -0.05) is 0 Å². The third kappa shape index (κ3) is 3.30. The van der Waals surface area contributed by atoms with Gasteiger partial charge in [0, 0.05) is 13.1 Å². The Morgan fingerprint density at radius 2 is 1.90 bits per heavy atom. The van der Waals surface area contributed by atoms with Gasteiger partial charge in [0.15, 0.2) is 0 Å². The summed E-state index contributed by atoms with van der Waals surface area (Å²) in [6.07, 6.45) is -1.79. The molecule has 112 valence electrons. The number of alkyl halides is 2. The highest BCUT2D eigenvalue weighted by molar-refractivity contribution is 6.00. The van der Waals surface area contributed by atoms with Crippen molar-refractivity contribution in [2.45, 2.75) is 6.43 Å². The molecule has 0 aliphatic rings. The van der Waals surface area contributed by atoms with Crippen LogP contribution in [0.25, 0.3) is 0 Å². The maximum Gasteiger partial charge on any atom is 0.323 e. The van der Waals surface area contributed by atoms with Crippen LogP contribution in [0.5, 0.6) is 0 Å². The van der Waals surface area contributed by atoms with Crippen LogP contribution in [0, 0.1) is 11.6 Å². The Bertz CT molecular complexity index is 671. The van der Waals surface area contributed by atoms with Crippen molar-refractivity contribution in [1.29, 1.82) is 0 Å². The van der Waals surface area contributed by atoms with Crippen LogP contribution >= 0.6 is 0 Å². The normalized spacial score (nSPS) is 10.8. The van der Waals surface area contributed by atoms with Crippen LogP contribution < -0.4 is 10.6 Å². The Morgan fingerprint density at radius 3 is 2.52 bits per heavy atom. The van der Waals surface area contributed by atoms with Crippen molar-refractivity contribution < 1.29 is 22.4 Å². The van der Waals surface area contributed by atoms with E-state index in [2.05, 4.69) is 15.7 Å². The number of nitrogens with zero attached hydrogens (tertiary/aromatic N) is 2. The Hall–Kier alpha value is -2.58. The molecule has 0 fully saturated rings. The summed E-state index contributed by atoms with van der Waals surface area (Å²) in [5.41, 5.74) is -0.964. The zero-order chi connectivity index (χ0) is 15.6. The molecule has 2 N–H and O–H groups in total. The summed E-state index contributed by atoms with van der Waals surface area (Å²) in [5, 5.41) is 7.81. The Kier molecular flexibility index (Phi) is 4.10. The molecule has 1 aromatic heterocycles. The summed E-state index contributed by atoms with van der Waals surface area (Å²) in [5.74, 6) is -1.78. The number of aryl methyl sites for hydroxylation is 1. The third-order valence-corrected chi connectivity index (χ3v) is 2.62. The van der Waals surface area contributed by atoms with E-state index in [1.54, 1.807) is 0 Å². The second-order valence-corrected chi connectivity index (χ2v) is 4.07. The second-order valence-electron chi connectivity index (χ2n) is 4.07. The van der Waals surface area contributed by atoms with E-state index in [4.69, 9.17) is 0 Å². The van der Waals surface area contributed by atoms with Gasteiger partial charge in [-0.2, -0.15) is 5.10 Å². The van der Waals surface area contributed by atoms with Crippen molar-refractivity contribution in [3.63, 3.8) is 0 Å². The van der Waals surface area contributed by atoms with E-state index in [0.717, 1.165) is 23.0 Å². The van der Waals surface area contributed by atoms with Crippen molar-refractivity contribution in [3.8, 4) is 0 Å². The minimum absolute atomic E-state index is 0.201. The van der Waals surface area contributed by atoms with E-state index < -0.39 is 29.8 Å². The van der Waals surface area contributed by atoms with Crippen molar-refractivity contribution >= 4 is 17.4 Å². The number of carbonyl (C=O) groups is 1. The lowest BCUT2D eigenvalue weighted by Gasteiger charge is -2.09. The summed E-state index contributed by atoms with van der Waals surface area (Å²) in [6.45, 7) is 0. The smallest absolute Gasteiger partial charge is 0.305 e. The highest BCUT2D eigenvalue weighted by atomic mass is 19.3. The van der Waals surface area contributed by atoms with Gasteiger partial charge in [0.2, 0.25) is 0 Å². The Labute approximate surface area is 116 Å². The number of carbonyl (C=O) groups excluding carboxylic acids is 1. The van der Waals surface area contributed by atoms with E-state index in [9.17, 15) is 22.4 Å². The molecule has 5 nitrogen and oxygen atoms in total. The minimum Gasteiger partial charge on any atom is -0.305 e. The fourth-order valence-electron chi connectivity index (χ4n) is 1.67. The number of amides is 2. The highest BCUT2D eigenvalue weighted by Crippen LogP contribution is 2.26. The van der Waals surface area contributed by atoms with E-state index >= 15 is 0 Å². The lowest BCUT2D eigenvalue weighted by atomic mass is 10.3. The Balaban J connectivity index is 2.12. The molecule has 0 saturated carbocycles. The van der Waals surface area contributed by atoms with Gasteiger partial charge in [-0.15, -0.1) is 0 Å². The third-order valence-electron chi connectivity index (χ3n) is 2.62. The average Bonchev–Trinajstić information content (AvgIpc) is 2.74. The monoisotopic (exact) mass is 302 g/mol. The van der Waals surface area contributed by atoms with Gasteiger partial charge in [-0.05, 0) is 12.1 Å². The molecule has 0 saturated heterocycles. The van der Waals surface area contributed by atoms with E-state index in [1.807, 2.05) is 0 Å². The first kappa shape index (κ1) is 14.8. The molecule has 0 radical (unpaired) electrons. The molecular weight excluding hydrogens is 292 g/mol. The average molecular weight is 302 g/mol. The maximum atomic E-state index is 13.3. The topological polar surface area (TPSA) is 59.0 Å². The van der Waals surface area contributed by atoms with Gasteiger partial charge in [0.1, 0.15) is 17.3 Å². The predicted octanol–water partition coefficient (Wildman–Crippen LogP) is 3.28. The number of hydrogen-bond acceptors (Lipinski definition) is 2. The molecule has 2 rings (SSSR count). The molecule has 2 aromatic rings. The van der Waals surface area contributed by atoms with Gasteiger partial charge in [0.25, 0.3) is 6.43 Å². The molecule has 0 spiro atoms. The molecule has 0 atom stereocenters. The van der Waals surface area contributed by atoms with Crippen LogP contribution in [0.4, 0.5) is 33.7 Å². The first-order valence-electron chi connectivity index (χ1n) is 5.71. The van der Waals surface area contributed by atoms with Crippen LogP contribution in [-0.4, -0.2) is 15.8 Å². The second kappa shape index (κ2) is 5.81. The molecule has 9 heteroatoms. The maximum absolute atomic E-state index is 13.3. The standard InChI is InChI=1S/C12H10F4N4O/c1-20-10(11(15)16)9(5-17-20)19-12(21)18-8-3-2-6(13)4-7(8)14/h2-5,11H,1H3,(H2,18,19,21). The zero-order valence-electron chi connectivity index (χ0n) is 10.7. The largest absolute Gasteiger partial charge is 0.323 e. The summed E-state index contributed by atoms with van der Waals surface area (Å²) >= 11 is 0. The highest BCUT2D eigenvalue weighted by Gasteiger charge is 2.20. The molecule has 2 amide bonds. The van der Waals surface area contributed by atoms with Gasteiger partial charge in [0.05, 0.1) is 17.6 Å². The van der Waals surface area contributed by atoms with Crippen molar-refractivity contribution in [2.24, 2.45) is 7.05 Å². The van der Waals surface area contributed by atoms with Gasteiger partial charge in [-0.3, -0.25) is 4.68 Å². The number of anilines is 2. The molecule has 1 heterocycles.